The Bertz CT molecular complexity index is 258. The summed E-state index contributed by atoms with van der Waals surface area (Å²) >= 11 is 0. The van der Waals surface area contributed by atoms with Gasteiger partial charge in [0.25, 0.3) is 0 Å². The van der Waals surface area contributed by atoms with Gasteiger partial charge in [0, 0.05) is 12.1 Å². The van der Waals surface area contributed by atoms with Gasteiger partial charge in [0.1, 0.15) is 0 Å². The third-order valence-electron chi connectivity index (χ3n) is 5.77. The van der Waals surface area contributed by atoms with E-state index < -0.39 is 0 Å². The fourth-order valence-electron chi connectivity index (χ4n) is 4.66. The van der Waals surface area contributed by atoms with Gasteiger partial charge in [-0.15, -0.1) is 0 Å². The van der Waals surface area contributed by atoms with Crippen LogP contribution in [0.2, 0.25) is 0 Å². The maximum Gasteiger partial charge on any atom is 0.0705 e. The highest BCUT2D eigenvalue weighted by Gasteiger charge is 2.47. The molecule has 2 aliphatic heterocycles. The lowest BCUT2D eigenvalue weighted by Crippen LogP contribution is -2.58. The van der Waals surface area contributed by atoms with E-state index in [0.29, 0.717) is 18.0 Å². The van der Waals surface area contributed by atoms with Gasteiger partial charge < -0.3 is 10.0 Å². The lowest BCUT2D eigenvalue weighted by molar-refractivity contribution is -0.122. The summed E-state index contributed by atoms with van der Waals surface area (Å²) in [7, 11) is 2.27. The highest BCUT2D eigenvalue weighted by atomic mass is 16.3. The van der Waals surface area contributed by atoms with Gasteiger partial charge in [0.2, 0.25) is 0 Å². The molecule has 1 aliphatic carbocycles. The second-order valence-electron chi connectivity index (χ2n) is 6.75. The van der Waals surface area contributed by atoms with Gasteiger partial charge in [-0.3, -0.25) is 0 Å². The monoisotopic (exact) mass is 237 g/mol. The van der Waals surface area contributed by atoms with Crippen LogP contribution in [0.1, 0.15) is 64.2 Å². The molecule has 0 aromatic heterocycles. The standard InChI is InChI=1S/C15H27NO/c1-16-13-8-5-9-14(16)11-15(17,10-13)12-6-3-2-4-7-12/h12-14,17H,2-11H2,1H3. The first-order chi connectivity index (χ1) is 8.19. The molecule has 17 heavy (non-hydrogen) atoms. The minimum Gasteiger partial charge on any atom is -0.389 e. The molecule has 2 nitrogen and oxygen atoms in total. The van der Waals surface area contributed by atoms with Crippen LogP contribution < -0.4 is 0 Å². The summed E-state index contributed by atoms with van der Waals surface area (Å²) < 4.78 is 0. The molecule has 3 fully saturated rings. The highest BCUT2D eigenvalue weighted by molar-refractivity contribution is 5.01. The molecule has 2 unspecified atom stereocenters. The van der Waals surface area contributed by atoms with E-state index in [0.717, 1.165) is 12.8 Å². The number of rotatable bonds is 1. The number of piperidine rings is 2. The molecule has 98 valence electrons. The van der Waals surface area contributed by atoms with Gasteiger partial charge in [-0.1, -0.05) is 25.7 Å². The average Bonchev–Trinajstić information content (AvgIpc) is 2.33. The Balaban J connectivity index is 1.74. The Morgan fingerprint density at radius 2 is 1.47 bits per heavy atom. The maximum atomic E-state index is 11.1. The molecule has 0 aromatic carbocycles. The second-order valence-corrected chi connectivity index (χ2v) is 6.75. The Labute approximate surface area is 105 Å². The fraction of sp³-hybridized carbons (Fsp3) is 1.00. The van der Waals surface area contributed by atoms with Gasteiger partial charge in [0.05, 0.1) is 5.60 Å². The predicted molar refractivity (Wildman–Crippen MR) is 69.9 cm³/mol. The summed E-state index contributed by atoms with van der Waals surface area (Å²) in [6, 6.07) is 1.32. The van der Waals surface area contributed by atoms with Crippen LogP contribution in [0.5, 0.6) is 0 Å². The quantitative estimate of drug-likeness (QED) is 0.758. The number of fused-ring (bicyclic) bond motifs is 2. The predicted octanol–water partition coefficient (Wildman–Crippen LogP) is 2.94. The number of hydrogen-bond acceptors (Lipinski definition) is 2. The summed E-state index contributed by atoms with van der Waals surface area (Å²) in [6.07, 6.45) is 12.7. The Morgan fingerprint density at radius 3 is 2.06 bits per heavy atom. The van der Waals surface area contributed by atoms with Crippen molar-refractivity contribution in [2.45, 2.75) is 81.9 Å². The molecule has 2 bridgehead atoms. The van der Waals surface area contributed by atoms with Crippen molar-refractivity contribution in [3.63, 3.8) is 0 Å². The van der Waals surface area contributed by atoms with Crippen molar-refractivity contribution < 1.29 is 5.11 Å². The summed E-state index contributed by atoms with van der Waals surface area (Å²) in [4.78, 5) is 2.56. The maximum absolute atomic E-state index is 11.1. The van der Waals surface area contributed by atoms with Crippen LogP contribution in [0.4, 0.5) is 0 Å². The molecule has 3 aliphatic rings. The fourth-order valence-corrected chi connectivity index (χ4v) is 4.66. The molecular formula is C15H27NO. The van der Waals surface area contributed by atoms with E-state index in [1.807, 2.05) is 0 Å². The SMILES string of the molecule is CN1C2CCCC1CC(O)(C1CCCCC1)C2. The van der Waals surface area contributed by atoms with Gasteiger partial charge in [-0.2, -0.15) is 0 Å². The van der Waals surface area contributed by atoms with Crippen molar-refractivity contribution in [2.75, 3.05) is 7.05 Å². The Hall–Kier alpha value is -0.0800. The van der Waals surface area contributed by atoms with E-state index in [-0.39, 0.29) is 5.60 Å². The lowest BCUT2D eigenvalue weighted by atomic mass is 9.66. The van der Waals surface area contributed by atoms with Crippen molar-refractivity contribution in [3.05, 3.63) is 0 Å². The molecule has 0 spiro atoms. The van der Waals surface area contributed by atoms with Crippen LogP contribution in [0, 0.1) is 5.92 Å². The van der Waals surface area contributed by atoms with E-state index in [2.05, 4.69) is 11.9 Å². The number of nitrogens with zero attached hydrogens (tertiary/aromatic N) is 1. The van der Waals surface area contributed by atoms with Crippen molar-refractivity contribution in [2.24, 2.45) is 5.92 Å². The molecule has 0 amide bonds. The molecule has 0 aromatic rings. The number of aliphatic hydroxyl groups is 1. The zero-order chi connectivity index (χ0) is 11.9. The van der Waals surface area contributed by atoms with Crippen molar-refractivity contribution >= 4 is 0 Å². The van der Waals surface area contributed by atoms with Crippen molar-refractivity contribution in [1.29, 1.82) is 0 Å². The van der Waals surface area contributed by atoms with E-state index >= 15 is 0 Å². The summed E-state index contributed by atoms with van der Waals surface area (Å²) in [5, 5.41) is 11.1. The van der Waals surface area contributed by atoms with Crippen LogP contribution in [-0.2, 0) is 0 Å². The zero-order valence-corrected chi connectivity index (χ0v) is 11.2. The minimum atomic E-state index is -0.317. The normalized spacial score (nSPS) is 44.8. The smallest absolute Gasteiger partial charge is 0.0705 e. The van der Waals surface area contributed by atoms with Gasteiger partial charge >= 0.3 is 0 Å². The average molecular weight is 237 g/mol. The van der Waals surface area contributed by atoms with Crippen LogP contribution in [-0.4, -0.2) is 34.7 Å². The van der Waals surface area contributed by atoms with Gasteiger partial charge in [-0.05, 0) is 51.5 Å². The molecule has 2 saturated heterocycles. The molecule has 2 heterocycles. The third kappa shape index (κ3) is 2.15. The second kappa shape index (κ2) is 4.55. The first-order valence-corrected chi connectivity index (χ1v) is 7.63. The van der Waals surface area contributed by atoms with Gasteiger partial charge in [-0.25, -0.2) is 0 Å². The molecule has 1 N–H and O–H groups in total. The Kier molecular flexibility index (Phi) is 3.20. The van der Waals surface area contributed by atoms with Crippen molar-refractivity contribution in [3.8, 4) is 0 Å². The lowest BCUT2D eigenvalue weighted by Gasteiger charge is -2.53. The summed E-state index contributed by atoms with van der Waals surface area (Å²) in [5.74, 6) is 0.605. The minimum absolute atomic E-state index is 0.317. The number of hydrogen-bond donors (Lipinski definition) is 1. The largest absolute Gasteiger partial charge is 0.389 e. The highest BCUT2D eigenvalue weighted by Crippen LogP contribution is 2.45. The van der Waals surface area contributed by atoms with E-state index in [1.54, 1.807) is 0 Å². The zero-order valence-electron chi connectivity index (χ0n) is 11.2. The third-order valence-corrected chi connectivity index (χ3v) is 5.77. The first-order valence-electron chi connectivity index (χ1n) is 7.63. The molecular weight excluding hydrogens is 210 g/mol. The van der Waals surface area contributed by atoms with Crippen LogP contribution in [0.25, 0.3) is 0 Å². The summed E-state index contributed by atoms with van der Waals surface area (Å²) in [6.45, 7) is 0. The molecule has 1 saturated carbocycles. The van der Waals surface area contributed by atoms with E-state index in [4.69, 9.17) is 0 Å². The van der Waals surface area contributed by atoms with E-state index in [1.165, 1.54) is 51.4 Å². The van der Waals surface area contributed by atoms with Crippen LogP contribution >= 0.6 is 0 Å². The van der Waals surface area contributed by atoms with Crippen molar-refractivity contribution in [1.82, 2.24) is 4.90 Å². The molecule has 2 atom stereocenters. The van der Waals surface area contributed by atoms with Gasteiger partial charge in [0.15, 0.2) is 0 Å². The molecule has 3 rings (SSSR count). The van der Waals surface area contributed by atoms with Crippen LogP contribution in [0.3, 0.4) is 0 Å². The van der Waals surface area contributed by atoms with Crippen LogP contribution in [0.15, 0.2) is 0 Å². The molecule has 0 radical (unpaired) electrons. The Morgan fingerprint density at radius 1 is 0.882 bits per heavy atom. The topological polar surface area (TPSA) is 23.5 Å². The van der Waals surface area contributed by atoms with E-state index in [9.17, 15) is 5.11 Å². The summed E-state index contributed by atoms with van der Waals surface area (Å²) in [5.41, 5.74) is -0.317. The first kappa shape index (κ1) is 12.0. The molecule has 2 heteroatoms.